The molecule has 0 saturated carbocycles. The minimum atomic E-state index is -1.89. The summed E-state index contributed by atoms with van der Waals surface area (Å²) in [5, 5.41) is 12.0. The molecule has 9 rings (SSSR count). The normalized spacial score (nSPS) is 26.6. The first kappa shape index (κ1) is 64.3. The van der Waals surface area contributed by atoms with E-state index >= 15 is 0 Å². The minimum Gasteiger partial charge on any atom is -0.444 e. The van der Waals surface area contributed by atoms with Crippen molar-refractivity contribution in [2.24, 2.45) is 17.8 Å². The molecule has 24 heteroatoms. The molecule has 0 aromatic heterocycles. The van der Waals surface area contributed by atoms with Crippen molar-refractivity contribution in [3.05, 3.63) is 0 Å². The van der Waals surface area contributed by atoms with Crippen LogP contribution in [0.5, 0.6) is 0 Å². The first-order chi connectivity index (χ1) is 38.1. The lowest BCUT2D eigenvalue weighted by Gasteiger charge is -2.35. The number of amides is 9. The summed E-state index contributed by atoms with van der Waals surface area (Å²) in [7, 11) is -0.0626. The molecule has 9 fully saturated rings. The van der Waals surface area contributed by atoms with E-state index in [4.69, 9.17) is 18.7 Å². The zero-order chi connectivity index (χ0) is 60.4. The Kier molecular flexibility index (Phi) is 20.4. The molecule has 0 aromatic carbocycles. The molecule has 9 aliphatic rings. The Bertz CT molecular complexity index is 2240. The fourth-order valence-electron chi connectivity index (χ4n) is 12.7. The van der Waals surface area contributed by atoms with Gasteiger partial charge < -0.3 is 53.0 Å². The predicted molar refractivity (Wildman–Crippen MR) is 305 cm³/mol. The van der Waals surface area contributed by atoms with Crippen molar-refractivity contribution in [2.75, 3.05) is 66.0 Å². The fourth-order valence-corrected chi connectivity index (χ4v) is 13.6. The van der Waals surface area contributed by atoms with Crippen LogP contribution in [-0.4, -0.2) is 231 Å². The van der Waals surface area contributed by atoms with Crippen LogP contribution in [-0.2, 0) is 33.1 Å². The Hall–Kier alpha value is -5.23. The number of carbonyl (C=O) groups excluding carboxylic acids is 9. The van der Waals surface area contributed by atoms with Gasteiger partial charge in [-0.2, -0.15) is 0 Å². The predicted octanol–water partition coefficient (Wildman–Crippen LogP) is 8.37. The van der Waals surface area contributed by atoms with E-state index in [9.17, 15) is 48.4 Å². The number of piperidine rings is 6. The van der Waals surface area contributed by atoms with Crippen molar-refractivity contribution >= 4 is 62.0 Å². The van der Waals surface area contributed by atoms with E-state index in [1.807, 2.05) is 69.4 Å². The van der Waals surface area contributed by atoms with Gasteiger partial charge in [0, 0.05) is 85.2 Å². The summed E-state index contributed by atoms with van der Waals surface area (Å²) in [4.78, 5) is 124. The van der Waals surface area contributed by atoms with Crippen molar-refractivity contribution in [2.45, 2.75) is 231 Å². The molecule has 9 aliphatic heterocycles. The third-order valence-corrected chi connectivity index (χ3v) is 17.8. The second-order valence-corrected chi connectivity index (χ2v) is 32.7. The van der Waals surface area contributed by atoms with Crippen molar-refractivity contribution in [3.63, 3.8) is 0 Å². The van der Waals surface area contributed by atoms with E-state index in [0.29, 0.717) is 97.4 Å². The van der Waals surface area contributed by atoms with Gasteiger partial charge in [0.1, 0.15) is 16.8 Å². The third-order valence-electron chi connectivity index (χ3n) is 17.1. The highest BCUT2D eigenvalue weighted by Gasteiger charge is 2.50. The maximum Gasteiger partial charge on any atom is 0.410 e. The molecule has 0 aromatic rings. The van der Waals surface area contributed by atoms with Crippen LogP contribution in [0, 0.1) is 17.8 Å². The van der Waals surface area contributed by atoms with E-state index < -0.39 is 37.2 Å². The lowest BCUT2D eigenvalue weighted by molar-refractivity contribution is -0.126. The molecule has 6 atom stereocenters. The van der Waals surface area contributed by atoms with E-state index in [2.05, 4.69) is 19.6 Å². The third kappa shape index (κ3) is 16.8. The zero-order valence-electron chi connectivity index (χ0n) is 51.4. The monoisotopic (exact) mass is 1170 g/mol. The van der Waals surface area contributed by atoms with Crippen LogP contribution in [0.25, 0.3) is 0 Å². The Morgan fingerprint density at radius 1 is 0.451 bits per heavy atom. The summed E-state index contributed by atoms with van der Waals surface area (Å²) in [5.74, 6) is 1.16. The van der Waals surface area contributed by atoms with E-state index in [-0.39, 0.29) is 95.7 Å². The number of ketones is 3. The lowest BCUT2D eigenvalue weighted by Crippen LogP contribution is -2.46. The highest BCUT2D eigenvalue weighted by Crippen LogP contribution is 2.36. The number of Topliss-reactive ketones (excluding diaryl/α,β-unsaturated/α-hetero) is 3. The van der Waals surface area contributed by atoms with Crippen LogP contribution in [0.3, 0.4) is 0 Å². The number of hydrogen-bond acceptors (Lipinski definition) is 14. The van der Waals surface area contributed by atoms with Gasteiger partial charge in [-0.3, -0.25) is 19.6 Å². The molecule has 0 unspecified atom stereocenters. The molecule has 462 valence electrons. The zero-order valence-corrected chi connectivity index (χ0v) is 52.4. The van der Waals surface area contributed by atoms with Crippen molar-refractivity contribution in [3.8, 4) is 0 Å². The van der Waals surface area contributed by atoms with Crippen LogP contribution in [0.2, 0.25) is 19.6 Å². The van der Waals surface area contributed by atoms with Gasteiger partial charge in [-0.05, 0) is 177 Å². The summed E-state index contributed by atoms with van der Waals surface area (Å²) in [6, 6.07) is -1.48. The number of carbonyl (C=O) groups is 9. The average Bonchev–Trinajstić information content (AvgIpc) is 3.72. The standard InChI is InChI=1S/C21H37N3O5Si.C19H31N3O4.C18H29N3O5/c1-21(2,3)28-20(27)22-11-9-15(10-12-22)13-18(25)17-8-7-16-14-23(17)19(26)24(16)29-30(4,5)6;1-19(2,3)26-18(25)21-9-7-13(8-10-21)11-16(23)15-6-5-14-12-22(15)17(24)20(14)4;1-18(2,3)26-17(24)19-8-6-12(7-9-19)10-15(22)14-5-4-13-11-20(14)16(23)21(13)25/h15-17H,7-14H2,1-6H3;13-15H,5-12H2,1-4H3;12-14,25H,4-11H2,1-3H3/t16-,17+;14-,15+;13-,14+/m111/s1. The van der Waals surface area contributed by atoms with Gasteiger partial charge in [-0.15, -0.1) is 0 Å². The van der Waals surface area contributed by atoms with E-state index in [0.717, 1.165) is 62.9 Å². The topological polar surface area (TPSA) is 240 Å². The fraction of sp³-hybridized carbons (Fsp3) is 0.845. The van der Waals surface area contributed by atoms with Gasteiger partial charge in [0.15, 0.2) is 17.3 Å². The number of likely N-dealkylation sites (tertiary alicyclic amines) is 3. The van der Waals surface area contributed by atoms with Gasteiger partial charge >= 0.3 is 36.4 Å². The largest absolute Gasteiger partial charge is 0.444 e. The Morgan fingerprint density at radius 3 is 1.11 bits per heavy atom. The lowest BCUT2D eigenvalue weighted by atomic mass is 9.87. The summed E-state index contributed by atoms with van der Waals surface area (Å²) in [6.45, 7) is 28.2. The second-order valence-electron chi connectivity index (χ2n) is 28.3. The number of urea groups is 3. The number of nitrogens with zero attached hydrogens (tertiary/aromatic N) is 9. The quantitative estimate of drug-likeness (QED) is 0.116. The SMILES string of the molecule is CC(C)(C)OC(=O)N1CCC(CC(=O)[C@@H]2CC[C@@H]3CN2C(=O)N3O)CC1.CC(C)(C)OC(=O)N1CCC(CC(=O)[C@@H]2CC[C@@H]3CN2C(=O)N3O[Si](C)(C)C)CC1.CN1C(=O)N2C[C@H]1CC[C@H]2C(=O)CC1CCN(C(=O)OC(C)(C)C)CC1. The Labute approximate surface area is 486 Å². The molecular weight excluding hydrogens is 1070 g/mol. The first-order valence-electron chi connectivity index (χ1n) is 30.3. The molecule has 9 heterocycles. The number of rotatable bonds is 11. The summed E-state index contributed by atoms with van der Waals surface area (Å²) in [6.07, 6.45) is 9.75. The minimum absolute atomic E-state index is 0.00871. The highest BCUT2D eigenvalue weighted by atomic mass is 28.4. The van der Waals surface area contributed by atoms with Crippen LogP contribution >= 0.6 is 0 Å². The van der Waals surface area contributed by atoms with Crippen LogP contribution in [0.1, 0.15) is 159 Å². The molecule has 9 amide bonds. The number of likely N-dealkylation sites (N-methyl/N-ethyl adjacent to an activating group) is 1. The smallest absolute Gasteiger partial charge is 0.410 e. The Balaban J connectivity index is 0.000000178. The van der Waals surface area contributed by atoms with E-state index in [1.165, 1.54) is 4.90 Å². The van der Waals surface area contributed by atoms with Gasteiger partial charge in [0.05, 0.1) is 36.3 Å². The maximum atomic E-state index is 13.0. The van der Waals surface area contributed by atoms with Crippen LogP contribution < -0.4 is 0 Å². The molecule has 6 bridgehead atoms. The van der Waals surface area contributed by atoms with Crippen molar-refractivity contribution in [1.82, 2.24) is 44.4 Å². The molecule has 0 spiro atoms. The van der Waals surface area contributed by atoms with Crippen molar-refractivity contribution < 1.29 is 67.1 Å². The second kappa shape index (κ2) is 25.9. The first-order valence-corrected chi connectivity index (χ1v) is 33.7. The number of fused-ring (bicyclic) bond motifs is 6. The number of hydrogen-bond donors (Lipinski definition) is 1. The number of hydroxylamine groups is 4. The highest BCUT2D eigenvalue weighted by molar-refractivity contribution is 6.69. The maximum absolute atomic E-state index is 13.0. The van der Waals surface area contributed by atoms with Gasteiger partial charge in [0.2, 0.25) is 8.32 Å². The van der Waals surface area contributed by atoms with Gasteiger partial charge in [-0.25, -0.2) is 38.9 Å². The summed E-state index contributed by atoms with van der Waals surface area (Å²) in [5.41, 5.74) is -1.50. The molecule has 0 radical (unpaired) electrons. The van der Waals surface area contributed by atoms with Crippen molar-refractivity contribution in [1.29, 1.82) is 0 Å². The Morgan fingerprint density at radius 2 is 0.756 bits per heavy atom. The van der Waals surface area contributed by atoms with Crippen LogP contribution in [0.4, 0.5) is 28.8 Å². The van der Waals surface area contributed by atoms with Gasteiger partial charge in [-0.1, -0.05) is 0 Å². The average molecular weight is 1170 g/mol. The van der Waals surface area contributed by atoms with E-state index in [1.54, 1.807) is 34.5 Å². The molecule has 23 nitrogen and oxygen atoms in total. The summed E-state index contributed by atoms with van der Waals surface area (Å²) >= 11 is 0. The molecule has 0 aliphatic carbocycles. The molecule has 82 heavy (non-hydrogen) atoms. The molecule has 1 N–H and O–H groups in total. The molecule has 9 saturated heterocycles. The van der Waals surface area contributed by atoms with Gasteiger partial charge in [0.25, 0.3) is 0 Å². The van der Waals surface area contributed by atoms with Crippen LogP contribution in [0.15, 0.2) is 0 Å². The summed E-state index contributed by atoms with van der Waals surface area (Å²) < 4.78 is 22.2. The molecular formula is C58H97N9O14Si. The number of ether oxygens (including phenoxy) is 3.